The summed E-state index contributed by atoms with van der Waals surface area (Å²) >= 11 is 1.95. The van der Waals surface area contributed by atoms with Gasteiger partial charge in [-0.25, -0.2) is 0 Å². The zero-order valence-corrected chi connectivity index (χ0v) is 11.3. The molecule has 2 nitrogen and oxygen atoms in total. The van der Waals surface area contributed by atoms with Crippen LogP contribution in [-0.4, -0.2) is 42.1 Å². The number of nitrogens with two attached hydrogens (primary N) is 1. The molecule has 2 fully saturated rings. The molecule has 1 aliphatic carbocycles. The van der Waals surface area contributed by atoms with Crippen molar-refractivity contribution in [2.24, 2.45) is 11.7 Å². The summed E-state index contributed by atoms with van der Waals surface area (Å²) in [7, 11) is 0. The second-order valence-electron chi connectivity index (χ2n) is 5.31. The van der Waals surface area contributed by atoms with Crippen molar-refractivity contribution in [2.75, 3.05) is 25.1 Å². The molecule has 1 saturated carbocycles. The van der Waals surface area contributed by atoms with Gasteiger partial charge in [-0.05, 0) is 56.6 Å². The minimum Gasteiger partial charge on any atom is -0.329 e. The molecule has 1 aliphatic heterocycles. The molecule has 0 radical (unpaired) electrons. The highest BCUT2D eigenvalue weighted by Crippen LogP contribution is 2.38. The Bertz CT molecular complexity index is 210. The third-order valence-corrected chi connectivity index (χ3v) is 5.08. The topological polar surface area (TPSA) is 29.3 Å². The minimum atomic E-state index is 0.651. The Morgan fingerprint density at radius 3 is 2.88 bits per heavy atom. The first-order valence-corrected chi connectivity index (χ1v) is 8.21. The zero-order valence-electron chi connectivity index (χ0n) is 10.5. The minimum absolute atomic E-state index is 0.651. The number of piperidine rings is 1. The number of rotatable bonds is 5. The summed E-state index contributed by atoms with van der Waals surface area (Å²) in [4.78, 5) is 2.76. The lowest BCUT2D eigenvalue weighted by Gasteiger charge is -2.42. The molecular formula is C13H26N2S. The molecule has 2 rings (SSSR count). The van der Waals surface area contributed by atoms with Crippen LogP contribution in [0.1, 0.15) is 38.5 Å². The van der Waals surface area contributed by atoms with Crippen molar-refractivity contribution in [1.29, 1.82) is 0 Å². The quantitative estimate of drug-likeness (QED) is 0.802. The largest absolute Gasteiger partial charge is 0.329 e. The Morgan fingerprint density at radius 2 is 2.12 bits per heavy atom. The van der Waals surface area contributed by atoms with Gasteiger partial charge in [0.2, 0.25) is 0 Å². The summed E-state index contributed by atoms with van der Waals surface area (Å²) in [6, 6.07) is 1.53. The maximum Gasteiger partial charge on any atom is 0.0229 e. The van der Waals surface area contributed by atoms with E-state index in [1.807, 2.05) is 11.8 Å². The van der Waals surface area contributed by atoms with E-state index in [0.717, 1.165) is 18.5 Å². The second kappa shape index (κ2) is 6.27. The van der Waals surface area contributed by atoms with Crippen LogP contribution < -0.4 is 5.73 Å². The summed E-state index contributed by atoms with van der Waals surface area (Å²) in [6.45, 7) is 2.15. The second-order valence-corrected chi connectivity index (χ2v) is 6.29. The smallest absolute Gasteiger partial charge is 0.0229 e. The van der Waals surface area contributed by atoms with E-state index in [1.165, 1.54) is 50.8 Å². The molecule has 1 saturated heterocycles. The van der Waals surface area contributed by atoms with Gasteiger partial charge in [-0.15, -0.1) is 0 Å². The molecule has 2 aliphatic rings. The Hall–Kier alpha value is 0.270. The fourth-order valence-corrected chi connectivity index (χ4v) is 4.13. The highest BCUT2D eigenvalue weighted by Gasteiger charge is 2.37. The molecule has 0 aromatic carbocycles. The molecule has 1 heterocycles. The van der Waals surface area contributed by atoms with Crippen LogP contribution in [0.2, 0.25) is 0 Å². The Morgan fingerprint density at radius 1 is 1.31 bits per heavy atom. The fourth-order valence-electron chi connectivity index (χ4n) is 3.62. The number of fused-ring (bicyclic) bond motifs is 1. The molecule has 0 spiro atoms. The van der Waals surface area contributed by atoms with Gasteiger partial charge >= 0.3 is 0 Å². The number of hydrogen-bond acceptors (Lipinski definition) is 3. The van der Waals surface area contributed by atoms with E-state index in [0.29, 0.717) is 6.04 Å². The third-order valence-electron chi connectivity index (χ3n) is 4.43. The molecule has 94 valence electrons. The summed E-state index contributed by atoms with van der Waals surface area (Å²) in [5.74, 6) is 2.26. The zero-order chi connectivity index (χ0) is 11.4. The van der Waals surface area contributed by atoms with Crippen molar-refractivity contribution in [2.45, 2.75) is 50.6 Å². The van der Waals surface area contributed by atoms with Gasteiger partial charge in [0.25, 0.3) is 0 Å². The summed E-state index contributed by atoms with van der Waals surface area (Å²) < 4.78 is 0. The van der Waals surface area contributed by atoms with Crippen LogP contribution in [0.15, 0.2) is 0 Å². The van der Waals surface area contributed by atoms with Crippen molar-refractivity contribution < 1.29 is 0 Å². The van der Waals surface area contributed by atoms with Crippen LogP contribution >= 0.6 is 11.8 Å². The first-order valence-electron chi connectivity index (χ1n) is 6.81. The number of hydrogen-bond donors (Lipinski definition) is 1. The van der Waals surface area contributed by atoms with Gasteiger partial charge in [0.1, 0.15) is 0 Å². The average molecular weight is 242 g/mol. The fraction of sp³-hybridized carbons (Fsp3) is 1.00. The van der Waals surface area contributed by atoms with E-state index in [4.69, 9.17) is 5.73 Å². The lowest BCUT2D eigenvalue weighted by Crippen LogP contribution is -2.51. The number of thioether (sulfide) groups is 1. The molecule has 0 aromatic heterocycles. The predicted octanol–water partition coefficient (Wildman–Crippen LogP) is 2.33. The molecule has 0 amide bonds. The SMILES string of the molecule is CSCCC(CN)N1CCCC2CCCC21. The van der Waals surface area contributed by atoms with Gasteiger partial charge in [0, 0.05) is 18.6 Å². The molecular weight excluding hydrogens is 216 g/mol. The normalized spacial score (nSPS) is 32.6. The maximum absolute atomic E-state index is 5.98. The van der Waals surface area contributed by atoms with Crippen molar-refractivity contribution >= 4 is 11.8 Å². The first-order chi connectivity index (χ1) is 7.86. The van der Waals surface area contributed by atoms with Crippen LogP contribution in [0.5, 0.6) is 0 Å². The van der Waals surface area contributed by atoms with E-state index in [9.17, 15) is 0 Å². The van der Waals surface area contributed by atoms with E-state index < -0.39 is 0 Å². The highest BCUT2D eigenvalue weighted by molar-refractivity contribution is 7.98. The molecule has 16 heavy (non-hydrogen) atoms. The van der Waals surface area contributed by atoms with E-state index in [1.54, 1.807) is 0 Å². The number of nitrogens with zero attached hydrogens (tertiary/aromatic N) is 1. The number of likely N-dealkylation sites (tertiary alicyclic amines) is 1. The van der Waals surface area contributed by atoms with E-state index in [2.05, 4.69) is 11.2 Å². The first kappa shape index (κ1) is 12.7. The average Bonchev–Trinajstić information content (AvgIpc) is 2.78. The van der Waals surface area contributed by atoms with Crippen molar-refractivity contribution in [1.82, 2.24) is 4.90 Å². The summed E-state index contributed by atoms with van der Waals surface area (Å²) in [6.07, 6.45) is 10.7. The van der Waals surface area contributed by atoms with Crippen LogP contribution in [0.3, 0.4) is 0 Å². The molecule has 0 bridgehead atoms. The molecule has 3 unspecified atom stereocenters. The van der Waals surface area contributed by atoms with Crippen LogP contribution in [0, 0.1) is 5.92 Å². The Balaban J connectivity index is 1.94. The third kappa shape index (κ3) is 2.74. The van der Waals surface area contributed by atoms with Crippen molar-refractivity contribution in [3.05, 3.63) is 0 Å². The van der Waals surface area contributed by atoms with E-state index >= 15 is 0 Å². The standard InChI is InChI=1S/C13H26N2S/c1-16-9-7-12(10-14)15-8-3-5-11-4-2-6-13(11)15/h11-13H,2-10,14H2,1H3. The van der Waals surface area contributed by atoms with Crippen LogP contribution in [0.4, 0.5) is 0 Å². The summed E-state index contributed by atoms with van der Waals surface area (Å²) in [5, 5.41) is 0. The highest BCUT2D eigenvalue weighted by atomic mass is 32.2. The van der Waals surface area contributed by atoms with Gasteiger partial charge in [-0.1, -0.05) is 6.42 Å². The van der Waals surface area contributed by atoms with Gasteiger partial charge in [0.05, 0.1) is 0 Å². The predicted molar refractivity (Wildman–Crippen MR) is 72.9 cm³/mol. The van der Waals surface area contributed by atoms with Gasteiger partial charge in [-0.3, -0.25) is 4.90 Å². The monoisotopic (exact) mass is 242 g/mol. The summed E-state index contributed by atoms with van der Waals surface area (Å²) in [5.41, 5.74) is 5.98. The van der Waals surface area contributed by atoms with Gasteiger partial charge in [-0.2, -0.15) is 11.8 Å². The van der Waals surface area contributed by atoms with Gasteiger partial charge in [0.15, 0.2) is 0 Å². The molecule has 2 N–H and O–H groups in total. The van der Waals surface area contributed by atoms with Crippen molar-refractivity contribution in [3.8, 4) is 0 Å². The molecule has 3 heteroatoms. The molecule has 0 aromatic rings. The van der Waals surface area contributed by atoms with Gasteiger partial charge < -0.3 is 5.73 Å². The van der Waals surface area contributed by atoms with Crippen LogP contribution in [0.25, 0.3) is 0 Å². The lowest BCUT2D eigenvalue weighted by atomic mass is 9.90. The Kier molecular flexibility index (Phi) is 4.98. The van der Waals surface area contributed by atoms with Crippen molar-refractivity contribution in [3.63, 3.8) is 0 Å². The molecule has 3 atom stereocenters. The lowest BCUT2D eigenvalue weighted by molar-refractivity contribution is 0.0692. The Labute approximate surface area is 104 Å². The van der Waals surface area contributed by atoms with Crippen LogP contribution in [-0.2, 0) is 0 Å². The van der Waals surface area contributed by atoms with E-state index in [-0.39, 0.29) is 0 Å². The maximum atomic E-state index is 5.98.